The van der Waals surface area contributed by atoms with Gasteiger partial charge in [0.15, 0.2) is 0 Å². The molecule has 0 spiro atoms. The Morgan fingerprint density at radius 2 is 1.50 bits per heavy atom. The Balaban J connectivity index is 0.00000208. The molecule has 3 rings (SSSR count). The zero-order chi connectivity index (χ0) is 16.1. The number of nitrogens with one attached hydrogen (secondary N) is 1. The summed E-state index contributed by atoms with van der Waals surface area (Å²) in [5.41, 5.74) is 1.03. The van der Waals surface area contributed by atoms with Crippen LogP contribution in [0.3, 0.4) is 0 Å². The summed E-state index contributed by atoms with van der Waals surface area (Å²) in [4.78, 5) is 18.9. The van der Waals surface area contributed by atoms with Crippen LogP contribution in [0.2, 0.25) is 0 Å². The summed E-state index contributed by atoms with van der Waals surface area (Å²) >= 11 is 0. The summed E-state index contributed by atoms with van der Waals surface area (Å²) in [6, 6.07) is 6.58. The molecule has 0 radical (unpaired) electrons. The molecule has 2 heterocycles. The number of hydrogen-bond acceptors (Lipinski definition) is 4. The van der Waals surface area contributed by atoms with E-state index in [4.69, 9.17) is 0 Å². The van der Waals surface area contributed by atoms with Crippen molar-refractivity contribution >= 4 is 48.8 Å². The highest BCUT2D eigenvalue weighted by Crippen LogP contribution is 2.17. The quantitative estimate of drug-likeness (QED) is 0.795. The third-order valence-electron chi connectivity index (χ3n) is 4.68. The number of anilines is 1. The molecular weight excluding hydrogens is 402 g/mol. The van der Waals surface area contributed by atoms with Gasteiger partial charge < -0.3 is 20.0 Å². The summed E-state index contributed by atoms with van der Waals surface area (Å²) in [6.07, 6.45) is 0.608. The van der Waals surface area contributed by atoms with Crippen LogP contribution in [0, 0.1) is 5.82 Å². The van der Waals surface area contributed by atoms with Gasteiger partial charge in [-0.25, -0.2) is 4.39 Å². The van der Waals surface area contributed by atoms with Crippen LogP contribution in [-0.2, 0) is 4.79 Å². The number of halogens is 4. The molecule has 1 aromatic rings. The number of carbonyl (C=O) groups excluding carboxylic acids is 1. The predicted octanol–water partition coefficient (Wildman–Crippen LogP) is 2.04. The van der Waals surface area contributed by atoms with Gasteiger partial charge in [-0.1, -0.05) is 0 Å². The minimum Gasteiger partial charge on any atom is -0.368 e. The molecule has 1 amide bonds. The molecule has 2 aliphatic heterocycles. The molecule has 0 aliphatic carbocycles. The van der Waals surface area contributed by atoms with Gasteiger partial charge in [0.25, 0.3) is 0 Å². The summed E-state index contributed by atoms with van der Waals surface area (Å²) < 4.78 is 13.0. The van der Waals surface area contributed by atoms with Crippen LogP contribution in [0.25, 0.3) is 0 Å². The number of hydrogen-bond donors (Lipinski definition) is 1. The topological polar surface area (TPSA) is 38.8 Å². The van der Waals surface area contributed by atoms with Gasteiger partial charge in [0.1, 0.15) is 5.82 Å². The lowest BCUT2D eigenvalue weighted by Gasteiger charge is -2.36. The first-order valence-corrected chi connectivity index (χ1v) is 8.44. The van der Waals surface area contributed by atoms with Gasteiger partial charge in [-0.05, 0) is 24.3 Å². The van der Waals surface area contributed by atoms with Crippen LogP contribution in [-0.4, -0.2) is 74.6 Å². The smallest absolute Gasteiger partial charge is 0.223 e. The molecule has 0 saturated carbocycles. The average molecular weight is 430 g/mol. The minimum atomic E-state index is -0.213. The molecule has 9 heteroatoms. The fourth-order valence-electron chi connectivity index (χ4n) is 3.21. The Morgan fingerprint density at radius 1 is 0.923 bits per heavy atom. The predicted molar refractivity (Wildman–Crippen MR) is 111 cm³/mol. The molecule has 5 nitrogen and oxygen atoms in total. The molecule has 26 heavy (non-hydrogen) atoms. The molecule has 1 N–H and O–H groups in total. The maximum absolute atomic E-state index is 13.0. The van der Waals surface area contributed by atoms with E-state index in [2.05, 4.69) is 15.1 Å². The first-order valence-electron chi connectivity index (χ1n) is 8.44. The molecule has 0 aromatic heterocycles. The number of amides is 1. The van der Waals surface area contributed by atoms with E-state index < -0.39 is 0 Å². The van der Waals surface area contributed by atoms with Gasteiger partial charge >= 0.3 is 0 Å². The van der Waals surface area contributed by atoms with Gasteiger partial charge in [0.2, 0.25) is 5.91 Å². The van der Waals surface area contributed by atoms with Crippen molar-refractivity contribution in [3.63, 3.8) is 0 Å². The lowest BCUT2D eigenvalue weighted by atomic mass is 10.2. The molecule has 2 fully saturated rings. The fourth-order valence-corrected chi connectivity index (χ4v) is 3.21. The Kier molecular flexibility index (Phi) is 12.2. The van der Waals surface area contributed by atoms with Gasteiger partial charge in [-0.15, -0.1) is 37.2 Å². The molecule has 1 aromatic carbocycles. The van der Waals surface area contributed by atoms with E-state index in [1.54, 1.807) is 12.1 Å². The largest absolute Gasteiger partial charge is 0.368 e. The Bertz CT molecular complexity index is 521. The van der Waals surface area contributed by atoms with Crippen LogP contribution < -0.4 is 10.2 Å². The normalized spacial score (nSPS) is 17.6. The van der Waals surface area contributed by atoms with Crippen LogP contribution in [0.1, 0.15) is 6.42 Å². The number of nitrogens with zero attached hydrogens (tertiary/aromatic N) is 3. The Morgan fingerprint density at radius 3 is 2.08 bits per heavy atom. The van der Waals surface area contributed by atoms with Crippen molar-refractivity contribution in [2.75, 3.05) is 63.8 Å². The fraction of sp³-hybridized carbons (Fsp3) is 0.588. The second-order valence-electron chi connectivity index (χ2n) is 6.19. The highest BCUT2D eigenvalue weighted by molar-refractivity contribution is 5.86. The van der Waals surface area contributed by atoms with E-state index in [1.807, 2.05) is 4.90 Å². The lowest BCUT2D eigenvalue weighted by Crippen LogP contribution is -2.50. The van der Waals surface area contributed by atoms with Crippen molar-refractivity contribution in [2.24, 2.45) is 0 Å². The van der Waals surface area contributed by atoms with E-state index >= 15 is 0 Å². The van der Waals surface area contributed by atoms with E-state index in [0.717, 1.165) is 64.6 Å². The summed E-state index contributed by atoms with van der Waals surface area (Å²) in [6.45, 7) is 8.08. The maximum Gasteiger partial charge on any atom is 0.223 e. The minimum absolute atomic E-state index is 0. The van der Waals surface area contributed by atoms with Crippen molar-refractivity contribution in [1.29, 1.82) is 0 Å². The van der Waals surface area contributed by atoms with E-state index in [1.165, 1.54) is 12.1 Å². The molecule has 0 atom stereocenters. The number of carbonyl (C=O) groups is 1. The van der Waals surface area contributed by atoms with Crippen molar-refractivity contribution in [3.05, 3.63) is 30.1 Å². The molecule has 0 bridgehead atoms. The van der Waals surface area contributed by atoms with Crippen molar-refractivity contribution < 1.29 is 9.18 Å². The van der Waals surface area contributed by atoms with E-state index in [-0.39, 0.29) is 48.9 Å². The monoisotopic (exact) mass is 428 g/mol. The lowest BCUT2D eigenvalue weighted by molar-refractivity contribution is -0.131. The van der Waals surface area contributed by atoms with Gasteiger partial charge in [-0.2, -0.15) is 0 Å². The van der Waals surface area contributed by atoms with E-state index in [0.29, 0.717) is 6.42 Å². The molecular formula is C17H28Cl3FN4O. The summed E-state index contributed by atoms with van der Waals surface area (Å²) in [5, 5.41) is 3.32. The second-order valence-corrected chi connectivity index (χ2v) is 6.19. The molecule has 2 aliphatic rings. The van der Waals surface area contributed by atoms with Crippen LogP contribution >= 0.6 is 37.2 Å². The van der Waals surface area contributed by atoms with Crippen LogP contribution in [0.4, 0.5) is 10.1 Å². The standard InChI is InChI=1S/C17H25FN4O.3ClH/c18-15-1-3-16(4-2-15)21-11-13-22(14-12-21)17(23)5-8-20-9-6-19-7-10-20;;;/h1-4,19H,5-14H2;3*1H. The molecule has 0 unspecified atom stereocenters. The van der Waals surface area contributed by atoms with Crippen LogP contribution in [0.5, 0.6) is 0 Å². The zero-order valence-corrected chi connectivity index (χ0v) is 17.2. The second kappa shape index (κ2) is 12.6. The Hall–Kier alpha value is -0.790. The number of piperazine rings is 2. The number of benzene rings is 1. The third kappa shape index (κ3) is 7.08. The summed E-state index contributed by atoms with van der Waals surface area (Å²) in [7, 11) is 0. The molecule has 2 saturated heterocycles. The van der Waals surface area contributed by atoms with Crippen molar-refractivity contribution in [1.82, 2.24) is 15.1 Å². The third-order valence-corrected chi connectivity index (χ3v) is 4.68. The van der Waals surface area contributed by atoms with Gasteiger partial charge in [-0.3, -0.25) is 4.79 Å². The van der Waals surface area contributed by atoms with Gasteiger partial charge in [0, 0.05) is 71.0 Å². The Labute approximate surface area is 173 Å². The SMILES string of the molecule is Cl.Cl.Cl.O=C(CCN1CCNCC1)N1CCN(c2ccc(F)cc2)CC1. The van der Waals surface area contributed by atoms with Crippen LogP contribution in [0.15, 0.2) is 24.3 Å². The molecule has 150 valence electrons. The van der Waals surface area contributed by atoms with Gasteiger partial charge in [0.05, 0.1) is 0 Å². The maximum atomic E-state index is 13.0. The van der Waals surface area contributed by atoms with Crippen molar-refractivity contribution in [2.45, 2.75) is 6.42 Å². The first kappa shape index (κ1) is 25.2. The zero-order valence-electron chi connectivity index (χ0n) is 14.7. The number of rotatable bonds is 4. The highest BCUT2D eigenvalue weighted by Gasteiger charge is 2.22. The first-order chi connectivity index (χ1) is 11.2. The average Bonchev–Trinajstić information content (AvgIpc) is 2.61. The van der Waals surface area contributed by atoms with E-state index in [9.17, 15) is 9.18 Å². The van der Waals surface area contributed by atoms with Crippen molar-refractivity contribution in [3.8, 4) is 0 Å². The highest BCUT2D eigenvalue weighted by atomic mass is 35.5. The summed E-state index contributed by atoms with van der Waals surface area (Å²) in [5.74, 6) is 0.0396.